The van der Waals surface area contributed by atoms with E-state index in [-0.39, 0.29) is 10.6 Å². The van der Waals surface area contributed by atoms with Gasteiger partial charge >= 0.3 is 0 Å². The van der Waals surface area contributed by atoms with Gasteiger partial charge in [-0.2, -0.15) is 0 Å². The maximum absolute atomic E-state index is 11.2. The standard InChI is InChI=1S/C17H21N3O2/c1-12-5-6-13(2)15(9-12)18-11-14-7-8-16(19(3)4)17(10-14)20(21)22/h5-10,18H,11H2,1-4H3. The highest BCUT2D eigenvalue weighted by Crippen LogP contribution is 2.28. The second-order valence-electron chi connectivity index (χ2n) is 5.65. The largest absolute Gasteiger partial charge is 0.381 e. The van der Waals surface area contributed by atoms with E-state index in [9.17, 15) is 10.1 Å². The zero-order valence-corrected chi connectivity index (χ0v) is 13.4. The fraction of sp³-hybridized carbons (Fsp3) is 0.294. The van der Waals surface area contributed by atoms with Crippen LogP contribution in [0.2, 0.25) is 0 Å². The SMILES string of the molecule is Cc1ccc(C)c(NCc2ccc(N(C)C)c([N+](=O)[O-])c2)c1. The molecule has 0 fully saturated rings. The molecule has 0 bridgehead atoms. The van der Waals surface area contributed by atoms with E-state index in [0.29, 0.717) is 12.2 Å². The Morgan fingerprint density at radius 3 is 2.50 bits per heavy atom. The van der Waals surface area contributed by atoms with E-state index >= 15 is 0 Å². The molecule has 0 aromatic heterocycles. The van der Waals surface area contributed by atoms with E-state index in [1.165, 1.54) is 5.56 Å². The van der Waals surface area contributed by atoms with Crippen molar-refractivity contribution in [2.45, 2.75) is 20.4 Å². The van der Waals surface area contributed by atoms with Crippen molar-refractivity contribution in [3.05, 3.63) is 63.2 Å². The number of anilines is 2. The lowest BCUT2D eigenvalue weighted by Gasteiger charge is -2.14. The summed E-state index contributed by atoms with van der Waals surface area (Å²) in [7, 11) is 3.60. The monoisotopic (exact) mass is 299 g/mol. The van der Waals surface area contributed by atoms with Gasteiger partial charge in [0.15, 0.2) is 0 Å². The van der Waals surface area contributed by atoms with Crippen molar-refractivity contribution in [3.8, 4) is 0 Å². The van der Waals surface area contributed by atoms with Crippen LogP contribution in [-0.2, 0) is 6.54 Å². The number of aryl methyl sites for hydroxylation is 2. The Morgan fingerprint density at radius 2 is 1.86 bits per heavy atom. The van der Waals surface area contributed by atoms with E-state index in [0.717, 1.165) is 16.8 Å². The van der Waals surface area contributed by atoms with Gasteiger partial charge in [0.2, 0.25) is 0 Å². The second kappa shape index (κ2) is 6.47. The van der Waals surface area contributed by atoms with Crippen LogP contribution in [0, 0.1) is 24.0 Å². The van der Waals surface area contributed by atoms with Crippen molar-refractivity contribution >= 4 is 17.1 Å². The highest BCUT2D eigenvalue weighted by Gasteiger charge is 2.16. The summed E-state index contributed by atoms with van der Waals surface area (Å²) in [6.07, 6.45) is 0. The zero-order valence-electron chi connectivity index (χ0n) is 13.4. The highest BCUT2D eigenvalue weighted by atomic mass is 16.6. The zero-order chi connectivity index (χ0) is 16.3. The first-order chi connectivity index (χ1) is 10.4. The predicted molar refractivity (Wildman–Crippen MR) is 90.7 cm³/mol. The van der Waals surface area contributed by atoms with Gasteiger partial charge in [0.25, 0.3) is 5.69 Å². The molecule has 0 spiro atoms. The van der Waals surface area contributed by atoms with Crippen molar-refractivity contribution in [2.24, 2.45) is 0 Å². The van der Waals surface area contributed by atoms with Crippen LogP contribution in [0.4, 0.5) is 17.1 Å². The van der Waals surface area contributed by atoms with Crippen LogP contribution < -0.4 is 10.2 Å². The lowest BCUT2D eigenvalue weighted by atomic mass is 10.1. The average molecular weight is 299 g/mol. The molecule has 22 heavy (non-hydrogen) atoms. The van der Waals surface area contributed by atoms with Crippen molar-refractivity contribution < 1.29 is 4.92 Å². The Kier molecular flexibility index (Phi) is 4.65. The lowest BCUT2D eigenvalue weighted by molar-refractivity contribution is -0.384. The summed E-state index contributed by atoms with van der Waals surface area (Å²) in [5.74, 6) is 0. The Balaban J connectivity index is 2.22. The van der Waals surface area contributed by atoms with Gasteiger partial charge in [-0.05, 0) is 42.7 Å². The van der Waals surface area contributed by atoms with Crippen LogP contribution in [0.3, 0.4) is 0 Å². The Labute approximate surface area is 130 Å². The molecule has 1 N–H and O–H groups in total. The number of rotatable bonds is 5. The molecule has 0 aliphatic rings. The van der Waals surface area contributed by atoms with Crippen molar-refractivity contribution in [1.82, 2.24) is 0 Å². The molecule has 2 aromatic carbocycles. The van der Waals surface area contributed by atoms with Gasteiger partial charge in [0, 0.05) is 32.4 Å². The molecule has 5 heteroatoms. The van der Waals surface area contributed by atoms with E-state index in [1.54, 1.807) is 31.1 Å². The molecule has 0 amide bonds. The number of hydrogen-bond acceptors (Lipinski definition) is 4. The molecular weight excluding hydrogens is 278 g/mol. The average Bonchev–Trinajstić information content (AvgIpc) is 2.47. The molecule has 0 heterocycles. The number of benzene rings is 2. The number of hydrogen-bond donors (Lipinski definition) is 1. The fourth-order valence-electron chi connectivity index (χ4n) is 2.33. The quantitative estimate of drug-likeness (QED) is 0.672. The van der Waals surface area contributed by atoms with E-state index in [2.05, 4.69) is 23.5 Å². The normalized spacial score (nSPS) is 10.4. The van der Waals surface area contributed by atoms with Gasteiger partial charge in [0.05, 0.1) is 4.92 Å². The molecule has 0 atom stereocenters. The summed E-state index contributed by atoms with van der Waals surface area (Å²) >= 11 is 0. The summed E-state index contributed by atoms with van der Waals surface area (Å²) in [6, 6.07) is 11.6. The molecule has 0 saturated carbocycles. The fourth-order valence-corrected chi connectivity index (χ4v) is 2.33. The molecule has 0 aliphatic heterocycles. The van der Waals surface area contributed by atoms with Crippen LogP contribution in [0.5, 0.6) is 0 Å². The Morgan fingerprint density at radius 1 is 1.14 bits per heavy atom. The van der Waals surface area contributed by atoms with Gasteiger partial charge in [-0.15, -0.1) is 0 Å². The third-order valence-corrected chi connectivity index (χ3v) is 3.59. The predicted octanol–water partition coefficient (Wildman–Crippen LogP) is 3.89. The molecule has 2 aromatic rings. The smallest absolute Gasteiger partial charge is 0.292 e. The molecule has 116 valence electrons. The molecule has 0 unspecified atom stereocenters. The van der Waals surface area contributed by atoms with E-state index in [1.807, 2.05) is 19.9 Å². The molecule has 2 rings (SSSR count). The van der Waals surface area contributed by atoms with Crippen LogP contribution in [0.25, 0.3) is 0 Å². The minimum absolute atomic E-state index is 0.130. The van der Waals surface area contributed by atoms with Crippen molar-refractivity contribution in [3.63, 3.8) is 0 Å². The van der Waals surface area contributed by atoms with Gasteiger partial charge in [-0.3, -0.25) is 10.1 Å². The molecule has 5 nitrogen and oxygen atoms in total. The number of nitro benzene ring substituents is 1. The second-order valence-corrected chi connectivity index (χ2v) is 5.65. The first kappa shape index (κ1) is 15.8. The van der Waals surface area contributed by atoms with Crippen molar-refractivity contribution in [2.75, 3.05) is 24.3 Å². The first-order valence-electron chi connectivity index (χ1n) is 7.14. The van der Waals surface area contributed by atoms with Gasteiger partial charge < -0.3 is 10.2 Å². The van der Waals surface area contributed by atoms with Gasteiger partial charge in [-0.1, -0.05) is 18.2 Å². The van der Waals surface area contributed by atoms with Crippen LogP contribution >= 0.6 is 0 Å². The molecular formula is C17H21N3O2. The first-order valence-corrected chi connectivity index (χ1v) is 7.14. The maximum atomic E-state index is 11.2. The maximum Gasteiger partial charge on any atom is 0.292 e. The van der Waals surface area contributed by atoms with Gasteiger partial charge in [0.1, 0.15) is 5.69 Å². The number of nitrogens with one attached hydrogen (secondary N) is 1. The molecule has 0 radical (unpaired) electrons. The molecule has 0 aliphatic carbocycles. The Bertz CT molecular complexity index is 696. The minimum Gasteiger partial charge on any atom is -0.381 e. The minimum atomic E-state index is -0.337. The highest BCUT2D eigenvalue weighted by molar-refractivity contribution is 5.64. The Hall–Kier alpha value is -2.56. The summed E-state index contributed by atoms with van der Waals surface area (Å²) < 4.78 is 0. The van der Waals surface area contributed by atoms with Crippen LogP contribution in [0.1, 0.15) is 16.7 Å². The van der Waals surface area contributed by atoms with Crippen LogP contribution in [-0.4, -0.2) is 19.0 Å². The summed E-state index contributed by atoms with van der Waals surface area (Å²) in [4.78, 5) is 12.6. The number of nitro groups is 1. The topological polar surface area (TPSA) is 58.4 Å². The third kappa shape index (κ3) is 3.55. The lowest BCUT2D eigenvalue weighted by Crippen LogP contribution is -2.11. The van der Waals surface area contributed by atoms with E-state index < -0.39 is 0 Å². The summed E-state index contributed by atoms with van der Waals surface area (Å²) in [5, 5.41) is 14.6. The van der Waals surface area contributed by atoms with E-state index in [4.69, 9.17) is 0 Å². The summed E-state index contributed by atoms with van der Waals surface area (Å²) in [5.41, 5.74) is 5.02. The van der Waals surface area contributed by atoms with Gasteiger partial charge in [-0.25, -0.2) is 0 Å². The molecule has 0 saturated heterocycles. The third-order valence-electron chi connectivity index (χ3n) is 3.59. The van der Waals surface area contributed by atoms with Crippen molar-refractivity contribution in [1.29, 1.82) is 0 Å². The van der Waals surface area contributed by atoms with Crippen LogP contribution in [0.15, 0.2) is 36.4 Å². The number of nitrogens with zero attached hydrogens (tertiary/aromatic N) is 2. The summed E-state index contributed by atoms with van der Waals surface area (Å²) in [6.45, 7) is 4.64.